The quantitative estimate of drug-likeness (QED) is 0.427. The van der Waals surface area contributed by atoms with Crippen LogP contribution in [0.2, 0.25) is 0 Å². The topological polar surface area (TPSA) is 126 Å². The second kappa shape index (κ2) is 7.85. The van der Waals surface area contributed by atoms with E-state index in [1.54, 1.807) is 24.4 Å². The normalized spacial score (nSPS) is 10.5. The predicted octanol–water partition coefficient (Wildman–Crippen LogP) is 2.96. The van der Waals surface area contributed by atoms with Crippen molar-refractivity contribution >= 4 is 33.8 Å². The van der Waals surface area contributed by atoms with E-state index in [-0.39, 0.29) is 12.3 Å². The van der Waals surface area contributed by atoms with Crippen LogP contribution in [0.3, 0.4) is 0 Å². The van der Waals surface area contributed by atoms with Crippen LogP contribution in [-0.2, 0) is 0 Å². The zero-order valence-corrected chi connectivity index (χ0v) is 14.7. The lowest BCUT2D eigenvalue weighted by Crippen LogP contribution is -2.04. The molecular weight excluding hydrogens is 356 g/mol. The van der Waals surface area contributed by atoms with E-state index in [0.29, 0.717) is 29.0 Å². The molecule has 3 rings (SSSR count). The van der Waals surface area contributed by atoms with E-state index in [0.717, 1.165) is 10.6 Å². The largest absolute Gasteiger partial charge is 0.395 e. The number of nitrogens with one attached hydrogen (secondary N) is 2. The molecular formula is C16H16N6O3S. The van der Waals surface area contributed by atoms with Crippen molar-refractivity contribution in [2.24, 2.45) is 0 Å². The average Bonchev–Trinajstić information content (AvgIpc) is 3.01. The smallest absolute Gasteiger partial charge is 0.271 e. The summed E-state index contributed by atoms with van der Waals surface area (Å²) in [5.41, 5.74) is 2.03. The van der Waals surface area contributed by atoms with Gasteiger partial charge in [0.25, 0.3) is 5.69 Å². The van der Waals surface area contributed by atoms with Gasteiger partial charge in [0.2, 0.25) is 5.95 Å². The molecule has 0 aliphatic rings. The van der Waals surface area contributed by atoms with Crippen LogP contribution in [0.5, 0.6) is 0 Å². The Labute approximate surface area is 152 Å². The second-order valence-corrected chi connectivity index (χ2v) is 6.28. The fraction of sp³-hybridized carbons (Fsp3) is 0.188. The number of hydrogen-bond acceptors (Lipinski definition) is 9. The molecule has 0 aliphatic carbocycles. The van der Waals surface area contributed by atoms with Crippen molar-refractivity contribution in [3.8, 4) is 10.6 Å². The highest BCUT2D eigenvalue weighted by atomic mass is 32.1. The van der Waals surface area contributed by atoms with Crippen molar-refractivity contribution in [2.75, 3.05) is 23.8 Å². The van der Waals surface area contributed by atoms with Crippen molar-refractivity contribution in [3.63, 3.8) is 0 Å². The van der Waals surface area contributed by atoms with Crippen LogP contribution in [0.4, 0.5) is 22.5 Å². The van der Waals surface area contributed by atoms with Gasteiger partial charge in [-0.2, -0.15) is 0 Å². The third-order valence-electron chi connectivity index (χ3n) is 3.39. The highest BCUT2D eigenvalue weighted by molar-refractivity contribution is 7.19. The number of rotatable bonds is 7. The Bertz CT molecular complexity index is 930. The van der Waals surface area contributed by atoms with Gasteiger partial charge in [0, 0.05) is 30.6 Å². The molecule has 3 N–H and O–H groups in total. The summed E-state index contributed by atoms with van der Waals surface area (Å²) in [7, 11) is 0. The molecule has 9 nitrogen and oxygen atoms in total. The van der Waals surface area contributed by atoms with Crippen LogP contribution >= 0.6 is 11.3 Å². The number of non-ortho nitro benzene ring substituents is 1. The molecule has 0 fully saturated rings. The summed E-state index contributed by atoms with van der Waals surface area (Å²) >= 11 is 1.43. The molecule has 134 valence electrons. The molecule has 26 heavy (non-hydrogen) atoms. The van der Waals surface area contributed by atoms with Gasteiger partial charge in [-0.05, 0) is 19.1 Å². The summed E-state index contributed by atoms with van der Waals surface area (Å²) in [5.74, 6) is 0.334. The Balaban J connectivity index is 1.84. The molecule has 2 heterocycles. The van der Waals surface area contributed by atoms with Crippen LogP contribution in [-0.4, -0.2) is 38.1 Å². The molecule has 2 aromatic heterocycles. The summed E-state index contributed by atoms with van der Waals surface area (Å²) < 4.78 is 0. The Morgan fingerprint density at radius 2 is 2.15 bits per heavy atom. The van der Waals surface area contributed by atoms with E-state index >= 15 is 0 Å². The highest BCUT2D eigenvalue weighted by Gasteiger charge is 2.12. The minimum atomic E-state index is -0.454. The van der Waals surface area contributed by atoms with Crippen molar-refractivity contribution in [1.29, 1.82) is 0 Å². The maximum absolute atomic E-state index is 10.9. The molecule has 0 saturated heterocycles. The van der Waals surface area contributed by atoms with Crippen molar-refractivity contribution in [2.45, 2.75) is 6.92 Å². The SMILES string of the molecule is Cc1nc(NCCO)sc1-c1ccnc(Nc2cccc([N+](=O)[O-])c2)n1. The van der Waals surface area contributed by atoms with Crippen LogP contribution in [0.15, 0.2) is 36.5 Å². The summed E-state index contributed by atoms with van der Waals surface area (Å²) in [4.78, 5) is 24.4. The maximum atomic E-state index is 10.9. The van der Waals surface area contributed by atoms with E-state index in [2.05, 4.69) is 25.6 Å². The molecule has 0 aliphatic heterocycles. The number of nitro groups is 1. The van der Waals surface area contributed by atoms with Gasteiger partial charge >= 0.3 is 0 Å². The summed E-state index contributed by atoms with van der Waals surface area (Å²) in [5, 5.41) is 26.5. The van der Waals surface area contributed by atoms with Gasteiger partial charge in [0.15, 0.2) is 5.13 Å². The van der Waals surface area contributed by atoms with Gasteiger partial charge in [-0.3, -0.25) is 10.1 Å². The number of thiazole rings is 1. The van der Waals surface area contributed by atoms with Gasteiger partial charge < -0.3 is 15.7 Å². The van der Waals surface area contributed by atoms with E-state index in [1.165, 1.54) is 23.5 Å². The third kappa shape index (κ3) is 4.10. The van der Waals surface area contributed by atoms with Crippen LogP contribution in [0, 0.1) is 17.0 Å². The molecule has 0 radical (unpaired) electrons. The van der Waals surface area contributed by atoms with E-state index in [1.807, 2.05) is 6.92 Å². The van der Waals surface area contributed by atoms with Crippen molar-refractivity contribution in [1.82, 2.24) is 15.0 Å². The Hall–Kier alpha value is -3.11. The first-order chi connectivity index (χ1) is 12.6. The molecule has 0 spiro atoms. The number of benzene rings is 1. The first-order valence-electron chi connectivity index (χ1n) is 7.74. The van der Waals surface area contributed by atoms with E-state index in [4.69, 9.17) is 5.11 Å². The monoisotopic (exact) mass is 372 g/mol. The third-order valence-corrected chi connectivity index (χ3v) is 4.52. The van der Waals surface area contributed by atoms with E-state index < -0.39 is 4.92 Å². The first-order valence-corrected chi connectivity index (χ1v) is 8.55. The fourth-order valence-electron chi connectivity index (χ4n) is 2.24. The molecule has 0 bridgehead atoms. The van der Waals surface area contributed by atoms with Crippen LogP contribution < -0.4 is 10.6 Å². The number of aliphatic hydroxyl groups excluding tert-OH is 1. The molecule has 0 unspecified atom stereocenters. The van der Waals surface area contributed by atoms with Crippen molar-refractivity contribution < 1.29 is 10.0 Å². The zero-order valence-electron chi connectivity index (χ0n) is 13.8. The molecule has 10 heteroatoms. The number of nitrogens with zero attached hydrogens (tertiary/aromatic N) is 4. The Kier molecular flexibility index (Phi) is 5.34. The average molecular weight is 372 g/mol. The molecule has 0 saturated carbocycles. The van der Waals surface area contributed by atoms with Crippen LogP contribution in [0.25, 0.3) is 10.6 Å². The van der Waals surface area contributed by atoms with Gasteiger partial charge in [0.05, 0.1) is 27.8 Å². The van der Waals surface area contributed by atoms with Crippen molar-refractivity contribution in [3.05, 3.63) is 52.3 Å². The minimum Gasteiger partial charge on any atom is -0.395 e. The first kappa shape index (κ1) is 17.7. The lowest BCUT2D eigenvalue weighted by Gasteiger charge is -2.06. The molecule has 0 amide bonds. The highest BCUT2D eigenvalue weighted by Crippen LogP contribution is 2.32. The Morgan fingerprint density at radius 3 is 2.92 bits per heavy atom. The lowest BCUT2D eigenvalue weighted by molar-refractivity contribution is -0.384. The molecule has 3 aromatic rings. The van der Waals surface area contributed by atoms with Crippen LogP contribution in [0.1, 0.15) is 5.69 Å². The van der Waals surface area contributed by atoms with Gasteiger partial charge in [-0.25, -0.2) is 15.0 Å². The van der Waals surface area contributed by atoms with Gasteiger partial charge in [-0.1, -0.05) is 17.4 Å². The number of hydrogen-bond donors (Lipinski definition) is 3. The van der Waals surface area contributed by atoms with Gasteiger partial charge in [0.1, 0.15) is 0 Å². The maximum Gasteiger partial charge on any atom is 0.271 e. The molecule has 1 aromatic carbocycles. The summed E-state index contributed by atoms with van der Waals surface area (Å²) in [6.45, 7) is 2.33. The molecule has 0 atom stereocenters. The number of anilines is 3. The predicted molar refractivity (Wildman–Crippen MR) is 99.8 cm³/mol. The number of nitro benzene ring substituents is 1. The number of aryl methyl sites for hydroxylation is 1. The lowest BCUT2D eigenvalue weighted by atomic mass is 10.3. The second-order valence-electron chi connectivity index (χ2n) is 5.28. The summed E-state index contributed by atoms with van der Waals surface area (Å²) in [6, 6.07) is 7.92. The van der Waals surface area contributed by atoms with E-state index in [9.17, 15) is 10.1 Å². The van der Waals surface area contributed by atoms with Gasteiger partial charge in [-0.15, -0.1) is 0 Å². The summed E-state index contributed by atoms with van der Waals surface area (Å²) in [6.07, 6.45) is 1.61. The zero-order chi connectivity index (χ0) is 18.5. The minimum absolute atomic E-state index is 0.0101. The number of aliphatic hydroxyl groups is 1. The number of aromatic nitrogens is 3. The fourth-order valence-corrected chi connectivity index (χ4v) is 3.21. The Morgan fingerprint density at radius 1 is 1.31 bits per heavy atom. The standard InChI is InChI=1S/C16H16N6O3S/c1-10-14(26-16(19-10)18-7-8-23)13-5-6-17-15(21-13)20-11-3-2-4-12(9-11)22(24)25/h2-6,9,23H,7-8H2,1H3,(H,18,19)(H,17,20,21).